The highest BCUT2D eigenvalue weighted by Gasteiger charge is 2.19. The summed E-state index contributed by atoms with van der Waals surface area (Å²) in [5, 5.41) is 5.43. The van der Waals surface area contributed by atoms with Crippen molar-refractivity contribution in [3.05, 3.63) is 70.8 Å². The highest BCUT2D eigenvalue weighted by molar-refractivity contribution is 5.74. The lowest BCUT2D eigenvalue weighted by molar-refractivity contribution is 0.0407. The maximum atomic E-state index is 11.7. The van der Waals surface area contributed by atoms with Gasteiger partial charge in [-0.25, -0.2) is 9.59 Å². The molecule has 2 aromatic rings. The van der Waals surface area contributed by atoms with E-state index in [0.29, 0.717) is 30.7 Å². The highest BCUT2D eigenvalue weighted by atomic mass is 16.6. The van der Waals surface area contributed by atoms with Crippen LogP contribution in [0.3, 0.4) is 0 Å². The molecule has 0 radical (unpaired) electrons. The van der Waals surface area contributed by atoms with Gasteiger partial charge < -0.3 is 35.3 Å². The van der Waals surface area contributed by atoms with Crippen LogP contribution in [0.4, 0.5) is 9.59 Å². The number of nitrogens with one attached hydrogen (secondary N) is 2. The summed E-state index contributed by atoms with van der Waals surface area (Å²) in [4.78, 5) is 35.9. The molecule has 2 fully saturated rings. The van der Waals surface area contributed by atoms with Crippen LogP contribution < -0.4 is 16.4 Å². The molecule has 2 saturated heterocycles. The summed E-state index contributed by atoms with van der Waals surface area (Å²) in [5.41, 5.74) is 8.48. The molecule has 0 unspecified atom stereocenters. The van der Waals surface area contributed by atoms with Gasteiger partial charge in [-0.3, -0.25) is 9.69 Å². The van der Waals surface area contributed by atoms with E-state index in [2.05, 4.69) is 46.8 Å². The fourth-order valence-corrected chi connectivity index (χ4v) is 4.71. The second-order valence-corrected chi connectivity index (χ2v) is 14.1. The Morgan fingerprint density at radius 3 is 1.52 bits per heavy atom. The summed E-state index contributed by atoms with van der Waals surface area (Å²) in [7, 11) is 2.17. The number of aldehydes is 1. The lowest BCUT2D eigenvalue weighted by atomic mass is 10.1. The van der Waals surface area contributed by atoms with Gasteiger partial charge in [0.25, 0.3) is 0 Å². The summed E-state index contributed by atoms with van der Waals surface area (Å²) in [6.07, 6.45) is 4.25. The van der Waals surface area contributed by atoms with E-state index < -0.39 is 17.3 Å². The van der Waals surface area contributed by atoms with Crippen molar-refractivity contribution in [2.24, 2.45) is 5.73 Å². The van der Waals surface area contributed by atoms with Gasteiger partial charge in [0.15, 0.2) is 0 Å². The minimum atomic E-state index is -0.495. The molecule has 0 spiro atoms. The van der Waals surface area contributed by atoms with Crippen LogP contribution >= 0.6 is 0 Å². The smallest absolute Gasteiger partial charge is 0.407 e. The normalized spacial score (nSPS) is 15.6. The van der Waals surface area contributed by atoms with Crippen molar-refractivity contribution in [2.45, 2.75) is 110 Å². The molecule has 48 heavy (non-hydrogen) atoms. The lowest BCUT2D eigenvalue weighted by Crippen LogP contribution is -2.36. The van der Waals surface area contributed by atoms with Crippen LogP contribution in [0.15, 0.2) is 48.5 Å². The Kier molecular flexibility index (Phi) is 17.6. The van der Waals surface area contributed by atoms with Crippen LogP contribution in [0.1, 0.15) is 94.3 Å². The second kappa shape index (κ2) is 20.8. The van der Waals surface area contributed by atoms with Crippen LogP contribution in [0.25, 0.3) is 0 Å². The van der Waals surface area contributed by atoms with Crippen LogP contribution in [0.5, 0.6) is 0 Å². The van der Waals surface area contributed by atoms with Gasteiger partial charge in [0, 0.05) is 63.7 Å². The van der Waals surface area contributed by atoms with Crippen molar-refractivity contribution in [1.82, 2.24) is 15.5 Å². The Bertz CT molecular complexity index is 1210. The number of hydrogen-bond donors (Lipinski definition) is 3. The standard InChI is InChI=1S/C19H30N2O3.C13H17NO3.C5H11NO/c1-19(2,3)24-18(22)20-13-15-5-7-16(8-6-15)14-21(4)17-9-11-23-12-10-17;1-13(2,3)17-12(16)14-8-10-4-6-11(9-15)7-5-10;6-5-1-3-7-4-2-5/h5-8,17H,9-14H2,1-4H3,(H,20,22);4-7,9H,8H2,1-3H3,(H,14,16);5H,1-4,6H2. The third kappa shape index (κ3) is 18.7. The lowest BCUT2D eigenvalue weighted by Gasteiger charge is -2.31. The van der Waals surface area contributed by atoms with Crippen LogP contribution in [0.2, 0.25) is 0 Å². The third-order valence-corrected chi connectivity index (χ3v) is 7.32. The van der Waals surface area contributed by atoms with Crippen LogP contribution in [-0.2, 0) is 38.6 Å². The van der Waals surface area contributed by atoms with E-state index in [1.165, 1.54) is 5.56 Å². The van der Waals surface area contributed by atoms with Crippen molar-refractivity contribution in [2.75, 3.05) is 33.5 Å². The molecule has 2 heterocycles. The molecule has 0 atom stereocenters. The monoisotopic (exact) mass is 670 g/mol. The van der Waals surface area contributed by atoms with Gasteiger partial charge in [0.05, 0.1) is 0 Å². The van der Waals surface area contributed by atoms with Crippen molar-refractivity contribution in [3.8, 4) is 0 Å². The Labute approximate surface area is 287 Å². The third-order valence-electron chi connectivity index (χ3n) is 7.32. The van der Waals surface area contributed by atoms with E-state index in [0.717, 1.165) is 76.1 Å². The predicted molar refractivity (Wildman–Crippen MR) is 188 cm³/mol. The first-order valence-electron chi connectivity index (χ1n) is 16.8. The van der Waals surface area contributed by atoms with E-state index in [4.69, 9.17) is 24.7 Å². The molecule has 2 aliphatic rings. The maximum absolute atomic E-state index is 11.7. The second-order valence-electron chi connectivity index (χ2n) is 14.1. The van der Waals surface area contributed by atoms with Crippen molar-refractivity contribution < 1.29 is 33.3 Å². The molecular weight excluding hydrogens is 612 g/mol. The van der Waals surface area contributed by atoms with Crippen molar-refractivity contribution in [1.29, 1.82) is 0 Å². The maximum Gasteiger partial charge on any atom is 0.407 e. The Morgan fingerprint density at radius 2 is 1.15 bits per heavy atom. The van der Waals surface area contributed by atoms with Gasteiger partial charge in [-0.15, -0.1) is 0 Å². The number of hydrogen-bond acceptors (Lipinski definition) is 9. The minimum Gasteiger partial charge on any atom is -0.444 e. The first kappa shape index (κ1) is 40.7. The minimum absolute atomic E-state index is 0.383. The summed E-state index contributed by atoms with van der Waals surface area (Å²) in [5.74, 6) is 0. The van der Waals surface area contributed by atoms with Crippen LogP contribution in [0, 0.1) is 0 Å². The zero-order valence-corrected chi connectivity index (χ0v) is 30.0. The number of carbonyl (C=O) groups excluding carboxylic acids is 3. The molecule has 11 heteroatoms. The summed E-state index contributed by atoms with van der Waals surface area (Å²) in [6, 6.07) is 16.4. The molecule has 0 bridgehead atoms. The SMILES string of the molecule is CC(C)(C)OC(=O)NCc1ccc(C=O)cc1.CN(Cc1ccc(CNC(=O)OC(C)(C)C)cc1)C1CCOCC1.NC1CCOCC1. The molecule has 268 valence electrons. The van der Waals surface area contributed by atoms with Gasteiger partial charge in [0.1, 0.15) is 17.5 Å². The number of amides is 2. The quantitative estimate of drug-likeness (QED) is 0.290. The first-order chi connectivity index (χ1) is 22.6. The molecule has 4 rings (SSSR count). The average molecular weight is 671 g/mol. The number of benzene rings is 2. The Morgan fingerprint density at radius 1 is 0.750 bits per heavy atom. The molecular formula is C37H58N4O7. The zero-order chi connectivity index (χ0) is 35.6. The average Bonchev–Trinajstić information content (AvgIpc) is 3.03. The number of carbonyl (C=O) groups is 3. The zero-order valence-electron chi connectivity index (χ0n) is 30.0. The van der Waals surface area contributed by atoms with Gasteiger partial charge in [0.2, 0.25) is 0 Å². The molecule has 2 aliphatic heterocycles. The molecule has 0 aromatic heterocycles. The molecule has 11 nitrogen and oxygen atoms in total. The first-order valence-corrected chi connectivity index (χ1v) is 16.8. The van der Waals surface area contributed by atoms with Gasteiger partial charge in [-0.1, -0.05) is 48.5 Å². The van der Waals surface area contributed by atoms with Gasteiger partial charge >= 0.3 is 12.2 Å². The van der Waals surface area contributed by atoms with E-state index in [9.17, 15) is 14.4 Å². The Hall–Kier alpha value is -3.51. The van der Waals surface area contributed by atoms with E-state index >= 15 is 0 Å². The molecule has 2 aromatic carbocycles. The molecule has 4 N–H and O–H groups in total. The Balaban J connectivity index is 0.000000288. The number of rotatable bonds is 8. The topological polar surface area (TPSA) is 141 Å². The molecule has 2 amide bonds. The van der Waals surface area contributed by atoms with Gasteiger partial charge in [-0.2, -0.15) is 0 Å². The number of nitrogens with zero attached hydrogens (tertiary/aromatic N) is 1. The summed E-state index contributed by atoms with van der Waals surface area (Å²) < 4.78 is 20.8. The largest absolute Gasteiger partial charge is 0.444 e. The highest BCUT2D eigenvalue weighted by Crippen LogP contribution is 2.16. The fourth-order valence-electron chi connectivity index (χ4n) is 4.71. The number of alkyl carbamates (subject to hydrolysis) is 2. The number of ether oxygens (including phenoxy) is 4. The van der Waals surface area contributed by atoms with E-state index in [1.54, 1.807) is 24.3 Å². The van der Waals surface area contributed by atoms with Crippen molar-refractivity contribution >= 4 is 18.5 Å². The van der Waals surface area contributed by atoms with E-state index in [1.807, 2.05) is 41.5 Å². The van der Waals surface area contributed by atoms with Gasteiger partial charge in [-0.05, 0) is 91.0 Å². The van der Waals surface area contributed by atoms with Crippen molar-refractivity contribution in [3.63, 3.8) is 0 Å². The van der Waals surface area contributed by atoms with Crippen LogP contribution in [-0.4, -0.2) is 80.1 Å². The molecule has 0 saturated carbocycles. The predicted octanol–water partition coefficient (Wildman–Crippen LogP) is 5.97. The summed E-state index contributed by atoms with van der Waals surface area (Å²) >= 11 is 0. The molecule has 0 aliphatic carbocycles. The summed E-state index contributed by atoms with van der Waals surface area (Å²) in [6.45, 7) is 16.3. The fraction of sp³-hybridized carbons (Fsp3) is 0.595. The van der Waals surface area contributed by atoms with E-state index in [-0.39, 0.29) is 6.09 Å². The number of nitrogens with two attached hydrogens (primary N) is 1.